The van der Waals surface area contributed by atoms with Crippen molar-refractivity contribution in [3.63, 3.8) is 0 Å². The third-order valence-electron chi connectivity index (χ3n) is 3.26. The van der Waals surface area contributed by atoms with Gasteiger partial charge in [-0.05, 0) is 38.0 Å². The molecular formula is C14H16BrNO4. The number of carboxylic acid groups (broad SMARTS) is 1. The highest BCUT2D eigenvalue weighted by Gasteiger charge is 2.29. The lowest BCUT2D eigenvalue weighted by Gasteiger charge is -2.34. The molecule has 6 heteroatoms. The summed E-state index contributed by atoms with van der Waals surface area (Å²) in [4.78, 5) is 23.3. The van der Waals surface area contributed by atoms with Crippen LogP contribution in [-0.2, 0) is 4.74 Å². The van der Waals surface area contributed by atoms with Crippen LogP contribution in [0.15, 0.2) is 22.7 Å². The Morgan fingerprint density at radius 1 is 1.35 bits per heavy atom. The minimum absolute atomic E-state index is 0.0783. The number of carbonyl (C=O) groups excluding carboxylic acids is 1. The summed E-state index contributed by atoms with van der Waals surface area (Å²) in [6, 6.07) is 4.44. The van der Waals surface area contributed by atoms with Gasteiger partial charge in [0.05, 0.1) is 17.7 Å². The summed E-state index contributed by atoms with van der Waals surface area (Å²) < 4.78 is 5.95. The van der Waals surface area contributed by atoms with Crippen molar-refractivity contribution in [1.82, 2.24) is 5.32 Å². The van der Waals surface area contributed by atoms with Crippen LogP contribution in [0.3, 0.4) is 0 Å². The lowest BCUT2D eigenvalue weighted by Crippen LogP contribution is -2.51. The maximum atomic E-state index is 12.3. The van der Waals surface area contributed by atoms with Crippen molar-refractivity contribution in [2.24, 2.45) is 0 Å². The molecular weight excluding hydrogens is 326 g/mol. The van der Waals surface area contributed by atoms with Gasteiger partial charge in [0, 0.05) is 16.6 Å². The fraction of sp³-hybridized carbons (Fsp3) is 0.429. The maximum absolute atomic E-state index is 12.3. The molecule has 2 rings (SSSR count). The number of ether oxygens (including phenoxy) is 1. The van der Waals surface area contributed by atoms with E-state index in [1.54, 1.807) is 6.07 Å². The first-order valence-corrected chi connectivity index (χ1v) is 7.13. The summed E-state index contributed by atoms with van der Waals surface area (Å²) in [5, 5.41) is 11.9. The fourth-order valence-electron chi connectivity index (χ4n) is 2.22. The van der Waals surface area contributed by atoms with Gasteiger partial charge in [-0.1, -0.05) is 15.9 Å². The van der Waals surface area contributed by atoms with Crippen molar-refractivity contribution in [1.29, 1.82) is 0 Å². The molecule has 0 saturated carbocycles. The van der Waals surface area contributed by atoms with Crippen molar-refractivity contribution in [3.8, 4) is 0 Å². The molecule has 0 bridgehead atoms. The summed E-state index contributed by atoms with van der Waals surface area (Å²) in [6.45, 7) is 3.12. The number of benzene rings is 1. The number of amides is 1. The molecule has 1 saturated heterocycles. The van der Waals surface area contributed by atoms with Crippen molar-refractivity contribution in [2.45, 2.75) is 25.3 Å². The zero-order chi connectivity index (χ0) is 14.8. The third kappa shape index (κ3) is 3.58. The van der Waals surface area contributed by atoms with Crippen LogP contribution in [0, 0.1) is 0 Å². The Morgan fingerprint density at radius 2 is 2.05 bits per heavy atom. The van der Waals surface area contributed by atoms with E-state index in [9.17, 15) is 9.59 Å². The second-order valence-corrected chi connectivity index (χ2v) is 6.12. The Morgan fingerprint density at radius 3 is 2.65 bits per heavy atom. The van der Waals surface area contributed by atoms with Crippen LogP contribution in [0.25, 0.3) is 0 Å². The normalized spacial score (nSPS) is 22.3. The molecule has 20 heavy (non-hydrogen) atoms. The van der Waals surface area contributed by atoms with Crippen LogP contribution in [0.4, 0.5) is 0 Å². The van der Waals surface area contributed by atoms with Crippen molar-refractivity contribution in [2.75, 3.05) is 13.2 Å². The third-order valence-corrected chi connectivity index (χ3v) is 3.72. The average Bonchev–Trinajstić information content (AvgIpc) is 2.38. The molecule has 0 radical (unpaired) electrons. The van der Waals surface area contributed by atoms with Gasteiger partial charge in [-0.15, -0.1) is 0 Å². The topological polar surface area (TPSA) is 75.6 Å². The molecule has 1 fully saturated rings. The molecule has 1 aromatic carbocycles. The van der Waals surface area contributed by atoms with Crippen molar-refractivity contribution in [3.05, 3.63) is 33.8 Å². The molecule has 0 spiro atoms. The van der Waals surface area contributed by atoms with E-state index in [1.165, 1.54) is 12.1 Å². The summed E-state index contributed by atoms with van der Waals surface area (Å²) in [5.74, 6) is -1.35. The van der Waals surface area contributed by atoms with E-state index in [4.69, 9.17) is 9.84 Å². The van der Waals surface area contributed by atoms with Gasteiger partial charge < -0.3 is 15.2 Å². The summed E-state index contributed by atoms with van der Waals surface area (Å²) in [6.07, 6.45) is 1.74. The van der Waals surface area contributed by atoms with E-state index in [-0.39, 0.29) is 11.5 Å². The molecule has 1 heterocycles. The van der Waals surface area contributed by atoms with Gasteiger partial charge in [-0.25, -0.2) is 4.79 Å². The zero-order valence-corrected chi connectivity index (χ0v) is 12.7. The highest BCUT2D eigenvalue weighted by atomic mass is 79.9. The Kier molecular flexibility index (Phi) is 4.45. The zero-order valence-electron chi connectivity index (χ0n) is 11.1. The van der Waals surface area contributed by atoms with E-state index in [1.807, 2.05) is 6.92 Å². The van der Waals surface area contributed by atoms with Gasteiger partial charge in [0.2, 0.25) is 0 Å². The quantitative estimate of drug-likeness (QED) is 0.885. The average molecular weight is 342 g/mol. The Bertz CT molecular complexity index is 538. The van der Waals surface area contributed by atoms with Crippen molar-refractivity contribution < 1.29 is 19.4 Å². The Hall–Kier alpha value is -1.40. The first-order chi connectivity index (χ1) is 9.39. The van der Waals surface area contributed by atoms with Crippen LogP contribution >= 0.6 is 15.9 Å². The number of carbonyl (C=O) groups is 2. The van der Waals surface area contributed by atoms with Crippen LogP contribution in [0.5, 0.6) is 0 Å². The Labute approximate surface area is 125 Å². The molecule has 1 atom stereocenters. The van der Waals surface area contributed by atoms with Crippen LogP contribution < -0.4 is 5.32 Å². The van der Waals surface area contributed by atoms with Crippen LogP contribution in [-0.4, -0.2) is 35.7 Å². The van der Waals surface area contributed by atoms with E-state index in [0.717, 1.165) is 12.8 Å². The summed E-state index contributed by atoms with van der Waals surface area (Å²) in [7, 11) is 0. The molecule has 108 valence electrons. The van der Waals surface area contributed by atoms with Crippen LogP contribution in [0.2, 0.25) is 0 Å². The molecule has 1 unspecified atom stereocenters. The van der Waals surface area contributed by atoms with E-state index >= 15 is 0 Å². The van der Waals surface area contributed by atoms with Crippen LogP contribution in [0.1, 0.15) is 40.5 Å². The SMILES string of the molecule is CC1(NC(=O)c2cc(Br)cc(C(=O)O)c2)CCCOC1. The van der Waals surface area contributed by atoms with Gasteiger partial charge in [0.1, 0.15) is 0 Å². The molecule has 1 aliphatic rings. The second-order valence-electron chi connectivity index (χ2n) is 5.20. The van der Waals surface area contributed by atoms with Gasteiger partial charge in [0.25, 0.3) is 5.91 Å². The molecule has 2 N–H and O–H groups in total. The van der Waals surface area contributed by atoms with Gasteiger partial charge in [0.15, 0.2) is 0 Å². The predicted molar refractivity (Wildman–Crippen MR) is 77.0 cm³/mol. The van der Waals surface area contributed by atoms with Crippen molar-refractivity contribution >= 4 is 27.8 Å². The highest BCUT2D eigenvalue weighted by molar-refractivity contribution is 9.10. The second kappa shape index (κ2) is 5.93. The molecule has 1 aliphatic heterocycles. The number of carboxylic acids is 1. The standard InChI is InChI=1S/C14H16BrNO4/c1-14(3-2-4-20-8-14)16-12(17)9-5-10(13(18)19)7-11(15)6-9/h5-7H,2-4,8H2,1H3,(H,16,17)(H,18,19). The van der Waals surface area contributed by atoms with Gasteiger partial charge >= 0.3 is 5.97 Å². The van der Waals surface area contributed by atoms with E-state index < -0.39 is 11.5 Å². The number of aromatic carboxylic acids is 1. The number of hydrogen-bond donors (Lipinski definition) is 2. The molecule has 0 aliphatic carbocycles. The summed E-state index contributed by atoms with van der Waals surface area (Å²) in [5.41, 5.74) is -0.000687. The number of halogens is 1. The first kappa shape index (κ1) is 15.0. The minimum Gasteiger partial charge on any atom is -0.478 e. The maximum Gasteiger partial charge on any atom is 0.335 e. The first-order valence-electron chi connectivity index (χ1n) is 6.34. The highest BCUT2D eigenvalue weighted by Crippen LogP contribution is 2.21. The Balaban J connectivity index is 2.18. The predicted octanol–water partition coefficient (Wildman–Crippen LogP) is 2.45. The minimum atomic E-state index is -1.06. The molecule has 1 amide bonds. The molecule has 0 aromatic heterocycles. The van der Waals surface area contributed by atoms with Gasteiger partial charge in [-0.2, -0.15) is 0 Å². The fourth-order valence-corrected chi connectivity index (χ4v) is 2.72. The lowest BCUT2D eigenvalue weighted by atomic mass is 9.94. The molecule has 1 aromatic rings. The number of hydrogen-bond acceptors (Lipinski definition) is 3. The largest absolute Gasteiger partial charge is 0.478 e. The summed E-state index contributed by atoms with van der Waals surface area (Å²) >= 11 is 3.22. The van der Waals surface area contributed by atoms with E-state index in [0.29, 0.717) is 23.2 Å². The monoisotopic (exact) mass is 341 g/mol. The number of nitrogens with one attached hydrogen (secondary N) is 1. The van der Waals surface area contributed by atoms with Gasteiger partial charge in [-0.3, -0.25) is 4.79 Å². The smallest absolute Gasteiger partial charge is 0.335 e. The lowest BCUT2D eigenvalue weighted by molar-refractivity contribution is 0.0272. The number of rotatable bonds is 3. The molecule has 5 nitrogen and oxygen atoms in total. The van der Waals surface area contributed by atoms with E-state index in [2.05, 4.69) is 21.2 Å².